The molecular formula is C14H13F4N3O3. The molecule has 130 valence electrons. The van der Waals surface area contributed by atoms with E-state index < -0.39 is 17.9 Å². The normalized spacial score (nSPS) is 11.5. The Kier molecular flexibility index (Phi) is 5.50. The molecule has 0 radical (unpaired) electrons. The number of carbonyl (C=O) groups excluding carboxylic acids is 1. The molecule has 1 heterocycles. The lowest BCUT2D eigenvalue weighted by Crippen LogP contribution is -2.24. The zero-order chi connectivity index (χ0) is 17.7. The third-order valence-corrected chi connectivity index (χ3v) is 2.99. The van der Waals surface area contributed by atoms with Crippen molar-refractivity contribution in [1.82, 2.24) is 15.5 Å². The molecule has 0 aliphatic carbocycles. The quantitative estimate of drug-likeness (QED) is 0.813. The van der Waals surface area contributed by atoms with Crippen LogP contribution in [0.4, 0.5) is 17.6 Å². The second-order valence-corrected chi connectivity index (χ2v) is 4.75. The van der Waals surface area contributed by atoms with Crippen LogP contribution in [-0.4, -0.2) is 29.8 Å². The minimum Gasteiger partial charge on any atom is -0.384 e. The number of halogens is 4. The fourth-order valence-electron chi connectivity index (χ4n) is 1.76. The Hall–Kier alpha value is -2.49. The van der Waals surface area contributed by atoms with Crippen molar-refractivity contribution in [2.75, 3.05) is 13.7 Å². The first-order chi connectivity index (χ1) is 11.3. The van der Waals surface area contributed by atoms with Gasteiger partial charge in [0.2, 0.25) is 11.7 Å². The molecule has 0 aliphatic heterocycles. The number of aromatic nitrogens is 2. The van der Waals surface area contributed by atoms with E-state index in [0.717, 1.165) is 6.07 Å². The zero-order valence-electron chi connectivity index (χ0n) is 12.5. The lowest BCUT2D eigenvalue weighted by molar-refractivity contribution is -0.159. The third kappa shape index (κ3) is 4.51. The molecule has 24 heavy (non-hydrogen) atoms. The van der Waals surface area contributed by atoms with Crippen molar-refractivity contribution in [3.63, 3.8) is 0 Å². The molecule has 10 heteroatoms. The molecule has 6 nitrogen and oxygen atoms in total. The standard InChI is InChI=1S/C14H13F4N3O3/c1-23-5-4-11(22)19-7-9-3-2-8(6-10(9)15)12-20-13(24-21-12)14(16,17)18/h2-3,6H,4-5,7H2,1H3,(H,19,22). The maximum atomic E-state index is 14.0. The minimum atomic E-state index is -4.77. The predicted molar refractivity (Wildman–Crippen MR) is 73.0 cm³/mol. The van der Waals surface area contributed by atoms with Crippen molar-refractivity contribution < 1.29 is 31.6 Å². The van der Waals surface area contributed by atoms with E-state index in [4.69, 9.17) is 4.74 Å². The molecule has 0 spiro atoms. The first-order valence-corrected chi connectivity index (χ1v) is 6.76. The summed E-state index contributed by atoms with van der Waals surface area (Å²) >= 11 is 0. The molecule has 2 rings (SSSR count). The summed E-state index contributed by atoms with van der Waals surface area (Å²) in [5.74, 6) is -2.91. The van der Waals surface area contributed by atoms with Gasteiger partial charge < -0.3 is 14.6 Å². The van der Waals surface area contributed by atoms with Crippen LogP contribution in [0.2, 0.25) is 0 Å². The van der Waals surface area contributed by atoms with Gasteiger partial charge in [0.15, 0.2) is 0 Å². The summed E-state index contributed by atoms with van der Waals surface area (Å²) in [6, 6.07) is 3.64. The van der Waals surface area contributed by atoms with Gasteiger partial charge >= 0.3 is 12.1 Å². The smallest absolute Gasteiger partial charge is 0.384 e. The van der Waals surface area contributed by atoms with Gasteiger partial charge in [0.25, 0.3) is 0 Å². The molecule has 1 aromatic heterocycles. The highest BCUT2D eigenvalue weighted by molar-refractivity contribution is 5.76. The molecule has 0 bridgehead atoms. The number of hydrogen-bond acceptors (Lipinski definition) is 5. The van der Waals surface area contributed by atoms with E-state index in [-0.39, 0.29) is 42.4 Å². The number of ether oxygens (including phenoxy) is 1. The van der Waals surface area contributed by atoms with Crippen LogP contribution in [0.1, 0.15) is 17.9 Å². The van der Waals surface area contributed by atoms with Crippen LogP contribution in [-0.2, 0) is 22.3 Å². The van der Waals surface area contributed by atoms with Crippen LogP contribution in [0.5, 0.6) is 0 Å². The Labute approximate surface area is 133 Å². The topological polar surface area (TPSA) is 77.2 Å². The second-order valence-electron chi connectivity index (χ2n) is 4.75. The van der Waals surface area contributed by atoms with E-state index in [1.165, 1.54) is 19.2 Å². The molecule has 0 aliphatic rings. The van der Waals surface area contributed by atoms with Crippen molar-refractivity contribution in [3.8, 4) is 11.4 Å². The first kappa shape index (κ1) is 17.9. The number of carbonyl (C=O) groups is 1. The summed E-state index contributed by atoms with van der Waals surface area (Å²) in [4.78, 5) is 14.6. The van der Waals surface area contributed by atoms with E-state index in [9.17, 15) is 22.4 Å². The number of methoxy groups -OCH3 is 1. The van der Waals surface area contributed by atoms with Gasteiger partial charge in [-0.05, 0) is 6.07 Å². The van der Waals surface area contributed by atoms with Gasteiger partial charge in [0.05, 0.1) is 6.61 Å². The summed E-state index contributed by atoms with van der Waals surface area (Å²) in [5, 5.41) is 5.68. The van der Waals surface area contributed by atoms with Crippen LogP contribution in [0.3, 0.4) is 0 Å². The Balaban J connectivity index is 2.07. The molecule has 0 unspecified atom stereocenters. The van der Waals surface area contributed by atoms with Gasteiger partial charge in [0, 0.05) is 31.2 Å². The molecule has 0 atom stereocenters. The van der Waals surface area contributed by atoms with E-state index in [1.54, 1.807) is 0 Å². The number of hydrogen-bond donors (Lipinski definition) is 1. The van der Waals surface area contributed by atoms with Crippen LogP contribution in [0.25, 0.3) is 11.4 Å². The Bertz CT molecular complexity index is 716. The molecule has 0 saturated carbocycles. The fraction of sp³-hybridized carbons (Fsp3) is 0.357. The van der Waals surface area contributed by atoms with Gasteiger partial charge in [0.1, 0.15) is 5.82 Å². The summed E-state index contributed by atoms with van der Waals surface area (Å²) in [6.07, 6.45) is -4.63. The third-order valence-electron chi connectivity index (χ3n) is 2.99. The molecule has 0 saturated heterocycles. The Morgan fingerprint density at radius 3 is 2.71 bits per heavy atom. The van der Waals surface area contributed by atoms with Crippen LogP contribution in [0.15, 0.2) is 22.7 Å². The van der Waals surface area contributed by atoms with Crippen LogP contribution >= 0.6 is 0 Å². The number of alkyl halides is 3. The van der Waals surface area contributed by atoms with Gasteiger partial charge in [-0.15, -0.1) is 0 Å². The maximum absolute atomic E-state index is 14.0. The predicted octanol–water partition coefficient (Wildman–Crippen LogP) is 2.55. The van der Waals surface area contributed by atoms with Crippen LogP contribution < -0.4 is 5.32 Å². The highest BCUT2D eigenvalue weighted by atomic mass is 19.4. The van der Waals surface area contributed by atoms with E-state index in [0.29, 0.717) is 0 Å². The Morgan fingerprint density at radius 1 is 1.38 bits per heavy atom. The second kappa shape index (κ2) is 7.39. The SMILES string of the molecule is COCCC(=O)NCc1ccc(-c2noc(C(F)(F)F)n2)cc1F. The zero-order valence-corrected chi connectivity index (χ0v) is 12.5. The number of nitrogens with zero attached hydrogens (tertiary/aromatic N) is 2. The molecule has 0 fully saturated rings. The summed E-state index contributed by atoms with van der Waals surface area (Å²) in [7, 11) is 1.45. The average molecular weight is 347 g/mol. The summed E-state index contributed by atoms with van der Waals surface area (Å²) < 4.78 is 60.0. The van der Waals surface area contributed by atoms with Crippen molar-refractivity contribution in [1.29, 1.82) is 0 Å². The molecule has 1 amide bonds. The van der Waals surface area contributed by atoms with E-state index in [1.807, 2.05) is 0 Å². The lowest BCUT2D eigenvalue weighted by Gasteiger charge is -2.07. The van der Waals surface area contributed by atoms with Gasteiger partial charge in [-0.1, -0.05) is 17.3 Å². The molecule has 2 aromatic rings. The highest BCUT2D eigenvalue weighted by Gasteiger charge is 2.38. The minimum absolute atomic E-state index is 0.0289. The van der Waals surface area contributed by atoms with E-state index >= 15 is 0 Å². The van der Waals surface area contributed by atoms with Gasteiger partial charge in [-0.3, -0.25) is 4.79 Å². The van der Waals surface area contributed by atoms with Crippen LogP contribution in [0, 0.1) is 5.82 Å². The number of amides is 1. The highest BCUT2D eigenvalue weighted by Crippen LogP contribution is 2.29. The number of nitrogens with one attached hydrogen (secondary N) is 1. The summed E-state index contributed by atoms with van der Waals surface area (Å²) in [6.45, 7) is 0.182. The molecule has 1 N–H and O–H groups in total. The number of benzene rings is 1. The first-order valence-electron chi connectivity index (χ1n) is 6.76. The molecule has 1 aromatic carbocycles. The lowest BCUT2D eigenvalue weighted by atomic mass is 10.1. The molecular weight excluding hydrogens is 334 g/mol. The van der Waals surface area contributed by atoms with Crippen molar-refractivity contribution in [3.05, 3.63) is 35.5 Å². The van der Waals surface area contributed by atoms with Gasteiger partial charge in [-0.2, -0.15) is 18.2 Å². The Morgan fingerprint density at radius 2 is 2.12 bits per heavy atom. The van der Waals surface area contributed by atoms with Crippen molar-refractivity contribution >= 4 is 5.91 Å². The van der Waals surface area contributed by atoms with Crippen molar-refractivity contribution in [2.45, 2.75) is 19.1 Å². The number of rotatable bonds is 6. The average Bonchev–Trinajstić information content (AvgIpc) is 3.01. The fourth-order valence-corrected chi connectivity index (χ4v) is 1.76. The summed E-state index contributed by atoms with van der Waals surface area (Å²) in [5.41, 5.74) is 0.199. The van der Waals surface area contributed by atoms with E-state index in [2.05, 4.69) is 20.0 Å². The largest absolute Gasteiger partial charge is 0.471 e. The monoisotopic (exact) mass is 347 g/mol. The van der Waals surface area contributed by atoms with Crippen molar-refractivity contribution in [2.24, 2.45) is 0 Å². The maximum Gasteiger partial charge on any atom is 0.471 e. The van der Waals surface area contributed by atoms with Gasteiger partial charge in [-0.25, -0.2) is 4.39 Å².